The third kappa shape index (κ3) is 1.66. The second-order valence-electron chi connectivity index (χ2n) is 4.90. The minimum absolute atomic E-state index is 0.716. The molecular weight excluding hydrogens is 345 g/mol. The van der Waals surface area contributed by atoms with E-state index in [-0.39, 0.29) is 0 Å². The zero-order valence-electron chi connectivity index (χ0n) is 9.81. The lowest BCUT2D eigenvalue weighted by molar-refractivity contribution is -0.432. The van der Waals surface area contributed by atoms with Crippen molar-refractivity contribution in [1.82, 2.24) is 0 Å². The molecule has 0 spiro atoms. The Hall–Kier alpha value is 0.450. The predicted molar refractivity (Wildman–Crippen MR) is 65.9 cm³/mol. The molecule has 0 aromatic carbocycles. The largest absolute Gasteiger partial charge is 0.392 e. The van der Waals surface area contributed by atoms with Gasteiger partial charge in [0.1, 0.15) is 11.2 Å². The molecule has 8 heteroatoms. The molecule has 1 heterocycles. The van der Waals surface area contributed by atoms with Gasteiger partial charge in [-0.3, -0.25) is 5.73 Å². The summed E-state index contributed by atoms with van der Waals surface area (Å²) < 4.78 is 3.22. The number of halogens is 1. The highest BCUT2D eigenvalue weighted by molar-refractivity contribution is 14.1. The summed E-state index contributed by atoms with van der Waals surface area (Å²) in [5.74, 6) is -2.62. The van der Waals surface area contributed by atoms with Crippen molar-refractivity contribution in [2.45, 2.75) is 47.1 Å². The van der Waals surface area contributed by atoms with Crippen molar-refractivity contribution in [1.29, 1.82) is 0 Å². The Balaban J connectivity index is 3.46. The Kier molecular flexibility index (Phi) is 3.40. The number of hydrogen-bond acceptors (Lipinski definition) is 7. The molecule has 7 N–H and O–H groups in total. The maximum atomic E-state index is 10.3. The van der Waals surface area contributed by atoms with Gasteiger partial charge in [-0.05, 0) is 43.4 Å². The first-order valence-electron chi connectivity index (χ1n) is 4.95. The molecule has 1 aliphatic heterocycles. The monoisotopic (exact) mass is 363 g/mol. The first-order chi connectivity index (χ1) is 7.27. The number of alkyl halides is 1. The first kappa shape index (κ1) is 15.5. The summed E-state index contributed by atoms with van der Waals surface area (Å²) in [5, 5.41) is 49.8. The van der Waals surface area contributed by atoms with Crippen LogP contribution in [0.5, 0.6) is 0 Å². The third-order valence-electron chi connectivity index (χ3n) is 3.84. The van der Waals surface area contributed by atoms with Gasteiger partial charge in [-0.1, -0.05) is 0 Å². The second kappa shape index (κ2) is 3.73. The van der Waals surface area contributed by atoms with Crippen LogP contribution >= 0.6 is 22.6 Å². The van der Waals surface area contributed by atoms with E-state index >= 15 is 0 Å². The molecule has 7 nitrogen and oxygen atoms in total. The molecule has 1 aliphatic rings. The van der Waals surface area contributed by atoms with Crippen LogP contribution in [0.15, 0.2) is 0 Å². The summed E-state index contributed by atoms with van der Waals surface area (Å²) in [6.45, 7) is 2.61. The Bertz CT molecular complexity index is 329. The lowest BCUT2D eigenvalue weighted by atomic mass is 9.67. The van der Waals surface area contributed by atoms with Crippen molar-refractivity contribution >= 4 is 22.6 Å². The molecule has 17 heavy (non-hydrogen) atoms. The maximum absolute atomic E-state index is 10.3. The summed E-state index contributed by atoms with van der Waals surface area (Å²) >= 11 is 1.53. The molecule has 0 aliphatic carbocycles. The van der Waals surface area contributed by atoms with E-state index in [2.05, 4.69) is 0 Å². The van der Waals surface area contributed by atoms with Crippen LogP contribution in [0.3, 0.4) is 0 Å². The van der Waals surface area contributed by atoms with E-state index in [1.54, 1.807) is 0 Å². The zero-order valence-corrected chi connectivity index (χ0v) is 12.0. The lowest BCUT2D eigenvalue weighted by Crippen LogP contribution is -2.86. The number of aliphatic hydroxyl groups excluding tert-OH is 1. The van der Waals surface area contributed by atoms with Crippen molar-refractivity contribution in [2.75, 3.05) is 6.61 Å². The highest BCUT2D eigenvalue weighted by Gasteiger charge is 2.75. The van der Waals surface area contributed by atoms with Gasteiger partial charge >= 0.3 is 0 Å². The van der Waals surface area contributed by atoms with E-state index in [9.17, 15) is 25.5 Å². The van der Waals surface area contributed by atoms with Gasteiger partial charge < -0.3 is 30.3 Å². The molecule has 1 fully saturated rings. The normalized spacial score (nSPS) is 60.4. The van der Waals surface area contributed by atoms with Crippen LogP contribution in [-0.4, -0.2) is 58.5 Å². The molecule has 0 aromatic rings. The highest BCUT2D eigenvalue weighted by atomic mass is 127. The highest BCUT2D eigenvalue weighted by Crippen LogP contribution is 2.53. The molecule has 102 valence electrons. The standard InChI is InChI=1S/C9H18INO6/c1-5(13)6(2,14)8(10,4-12)17-9(11,16)7(5,3)15/h12-16H,4,11H2,1-3H3/t5-,6+,7-,8+,9?/m1/s1. The van der Waals surface area contributed by atoms with Crippen molar-refractivity contribution in [3.8, 4) is 0 Å². The Morgan fingerprint density at radius 1 is 1.00 bits per heavy atom. The molecule has 1 unspecified atom stereocenters. The third-order valence-corrected chi connectivity index (χ3v) is 5.45. The number of rotatable bonds is 1. The van der Waals surface area contributed by atoms with E-state index in [4.69, 9.17) is 10.5 Å². The van der Waals surface area contributed by atoms with E-state index < -0.39 is 32.9 Å². The van der Waals surface area contributed by atoms with Crippen molar-refractivity contribution in [2.24, 2.45) is 5.73 Å². The molecular formula is C9H18INO6. The molecule has 1 saturated heterocycles. The van der Waals surface area contributed by atoms with Gasteiger partial charge in [-0.2, -0.15) is 0 Å². The predicted octanol–water partition coefficient (Wildman–Crippen LogP) is -2.00. The van der Waals surface area contributed by atoms with Crippen LogP contribution in [0.2, 0.25) is 0 Å². The lowest BCUT2D eigenvalue weighted by Gasteiger charge is -2.62. The first-order valence-corrected chi connectivity index (χ1v) is 6.03. The van der Waals surface area contributed by atoms with Crippen molar-refractivity contribution in [3.05, 3.63) is 0 Å². The minimum atomic E-state index is -2.62. The maximum Gasteiger partial charge on any atom is 0.256 e. The number of ether oxygens (including phenoxy) is 1. The SMILES string of the molecule is C[C@]1(O)[C@@](C)(O)[C@@](C)(O)C(N)(O)O[C@@]1(I)CO. The summed E-state index contributed by atoms with van der Waals surface area (Å²) in [7, 11) is 0. The molecule has 0 amide bonds. The van der Waals surface area contributed by atoms with E-state index in [1.807, 2.05) is 0 Å². The molecule has 0 aromatic heterocycles. The Labute approximate surface area is 112 Å². The van der Waals surface area contributed by atoms with Gasteiger partial charge in [0.05, 0.1) is 6.61 Å². The van der Waals surface area contributed by atoms with Crippen LogP contribution in [0.25, 0.3) is 0 Å². The summed E-state index contributed by atoms with van der Waals surface area (Å²) in [6.07, 6.45) is 0. The van der Waals surface area contributed by atoms with Gasteiger partial charge in [0.2, 0.25) is 0 Å². The van der Waals surface area contributed by atoms with E-state index in [1.165, 1.54) is 29.5 Å². The quantitative estimate of drug-likeness (QED) is 0.180. The number of hydrogen-bond donors (Lipinski definition) is 6. The molecule has 0 radical (unpaired) electrons. The fourth-order valence-corrected chi connectivity index (χ4v) is 2.68. The van der Waals surface area contributed by atoms with Gasteiger partial charge in [0.15, 0.2) is 9.21 Å². The van der Waals surface area contributed by atoms with Crippen LogP contribution in [-0.2, 0) is 4.74 Å². The topological polar surface area (TPSA) is 136 Å². The summed E-state index contributed by atoms with van der Waals surface area (Å²) in [6, 6.07) is 0. The summed E-state index contributed by atoms with van der Waals surface area (Å²) in [4.78, 5) is 0. The molecule has 1 rings (SSSR count). The van der Waals surface area contributed by atoms with Crippen molar-refractivity contribution < 1.29 is 30.3 Å². The number of nitrogens with two attached hydrogens (primary N) is 1. The zero-order chi connectivity index (χ0) is 13.9. The van der Waals surface area contributed by atoms with Gasteiger partial charge in [-0.15, -0.1) is 0 Å². The summed E-state index contributed by atoms with van der Waals surface area (Å²) in [5.41, 5.74) is -1.21. The average Bonchev–Trinajstić information content (AvgIpc) is 2.14. The number of aliphatic hydroxyl groups is 5. The Morgan fingerprint density at radius 2 is 1.41 bits per heavy atom. The van der Waals surface area contributed by atoms with Gasteiger partial charge in [0.25, 0.3) is 5.91 Å². The molecule has 0 saturated carbocycles. The minimum Gasteiger partial charge on any atom is -0.392 e. The van der Waals surface area contributed by atoms with Crippen LogP contribution in [0.4, 0.5) is 0 Å². The van der Waals surface area contributed by atoms with Crippen LogP contribution in [0.1, 0.15) is 20.8 Å². The van der Waals surface area contributed by atoms with Gasteiger partial charge in [-0.25, -0.2) is 0 Å². The van der Waals surface area contributed by atoms with E-state index in [0.29, 0.717) is 0 Å². The fourth-order valence-electron chi connectivity index (χ4n) is 1.82. The molecule has 5 atom stereocenters. The molecule has 0 bridgehead atoms. The smallest absolute Gasteiger partial charge is 0.256 e. The van der Waals surface area contributed by atoms with E-state index in [0.717, 1.165) is 13.8 Å². The Morgan fingerprint density at radius 3 is 1.76 bits per heavy atom. The second-order valence-corrected chi connectivity index (χ2v) is 6.64. The fraction of sp³-hybridized carbons (Fsp3) is 1.00. The average molecular weight is 363 g/mol. The van der Waals surface area contributed by atoms with Crippen LogP contribution < -0.4 is 5.73 Å². The van der Waals surface area contributed by atoms with Crippen molar-refractivity contribution in [3.63, 3.8) is 0 Å². The van der Waals surface area contributed by atoms with Crippen LogP contribution in [0, 0.1) is 0 Å². The van der Waals surface area contributed by atoms with Gasteiger partial charge in [0, 0.05) is 0 Å².